The highest BCUT2D eigenvalue weighted by Crippen LogP contribution is 2.60. The number of hydrogen-bond donors (Lipinski definition) is 0. The zero-order chi connectivity index (χ0) is 19.2. The van der Waals surface area contributed by atoms with Crippen LogP contribution in [0, 0.1) is 5.92 Å². The monoisotopic (exact) mass is 361 g/mol. The molecule has 27 heavy (non-hydrogen) atoms. The Morgan fingerprint density at radius 1 is 1.07 bits per heavy atom. The van der Waals surface area contributed by atoms with Crippen LogP contribution in [0.4, 0.5) is 4.79 Å². The molecule has 0 N–H and O–H groups in total. The van der Waals surface area contributed by atoms with Crippen LogP contribution < -0.4 is 0 Å². The zero-order valence-corrected chi connectivity index (χ0v) is 15.8. The molecule has 4 nitrogen and oxygen atoms in total. The molecular formula is C23H23NO3. The molecule has 0 aromatic heterocycles. The van der Waals surface area contributed by atoms with Crippen LogP contribution in [0.15, 0.2) is 71.8 Å². The van der Waals surface area contributed by atoms with Gasteiger partial charge in [0.05, 0.1) is 0 Å². The first-order valence-corrected chi connectivity index (χ1v) is 9.32. The molecule has 138 valence electrons. The molecule has 0 radical (unpaired) electrons. The van der Waals surface area contributed by atoms with Crippen molar-refractivity contribution < 1.29 is 14.3 Å². The Kier molecular flexibility index (Phi) is 4.14. The van der Waals surface area contributed by atoms with Gasteiger partial charge in [-0.2, -0.15) is 0 Å². The van der Waals surface area contributed by atoms with E-state index in [-0.39, 0.29) is 24.5 Å². The molecule has 1 aliphatic heterocycles. The predicted octanol–water partition coefficient (Wildman–Crippen LogP) is 4.63. The van der Waals surface area contributed by atoms with E-state index in [1.807, 2.05) is 55.5 Å². The molecule has 2 aliphatic rings. The molecule has 2 amide bonds. The summed E-state index contributed by atoms with van der Waals surface area (Å²) in [5.41, 5.74) is 3.38. The molecule has 4 rings (SSSR count). The van der Waals surface area contributed by atoms with Gasteiger partial charge in [-0.3, -0.25) is 4.79 Å². The van der Waals surface area contributed by atoms with Crippen LogP contribution in [0.2, 0.25) is 0 Å². The Bertz CT molecular complexity index is 917. The summed E-state index contributed by atoms with van der Waals surface area (Å²) in [6.45, 7) is 6.43. The molecule has 0 saturated carbocycles. The average molecular weight is 361 g/mol. The number of carbonyl (C=O) groups excluding carboxylic acids is 2. The minimum atomic E-state index is -0.563. The summed E-state index contributed by atoms with van der Waals surface area (Å²) in [5.74, 6) is -0.0194. The number of ether oxygens (including phenoxy) is 1. The summed E-state index contributed by atoms with van der Waals surface area (Å²) in [6.07, 6.45) is -0.563. The number of cyclic esters (lactones) is 1. The third kappa shape index (κ3) is 2.51. The molecule has 2 aromatic carbocycles. The van der Waals surface area contributed by atoms with E-state index in [9.17, 15) is 9.59 Å². The molecule has 1 aliphatic carbocycles. The Morgan fingerprint density at radius 2 is 1.67 bits per heavy atom. The lowest BCUT2D eigenvalue weighted by Gasteiger charge is -2.27. The number of benzene rings is 2. The van der Waals surface area contributed by atoms with Gasteiger partial charge >= 0.3 is 6.09 Å². The largest absolute Gasteiger partial charge is 0.446 e. The van der Waals surface area contributed by atoms with Gasteiger partial charge in [-0.1, -0.05) is 74.5 Å². The lowest BCUT2D eigenvalue weighted by atomic mass is 9.78. The fourth-order valence-electron chi connectivity index (χ4n) is 4.56. The van der Waals surface area contributed by atoms with Crippen LogP contribution in [-0.2, 0) is 14.9 Å². The van der Waals surface area contributed by atoms with Crippen molar-refractivity contribution in [2.24, 2.45) is 5.92 Å². The van der Waals surface area contributed by atoms with E-state index in [4.69, 9.17) is 4.74 Å². The van der Waals surface area contributed by atoms with E-state index in [2.05, 4.69) is 26.0 Å². The molecule has 4 heteroatoms. The van der Waals surface area contributed by atoms with Crippen molar-refractivity contribution in [3.8, 4) is 0 Å². The standard InChI is InChI=1S/C23H23NO3/c1-15(2)23(18-12-8-5-9-13-18)16(3)20(23)21(25)24-19(14-27-22(24)26)17-10-6-4-7-11-17/h4-13,15,19H,14H2,1-3H3/t19-,23+/m1/s1. The number of amides is 2. The quantitative estimate of drug-likeness (QED) is 0.798. The van der Waals surface area contributed by atoms with Crippen LogP contribution >= 0.6 is 0 Å². The van der Waals surface area contributed by atoms with Crippen LogP contribution in [-0.4, -0.2) is 23.5 Å². The fraction of sp³-hybridized carbons (Fsp3) is 0.304. The Hall–Kier alpha value is -2.88. The second-order valence-corrected chi connectivity index (χ2v) is 7.51. The van der Waals surface area contributed by atoms with Gasteiger partial charge < -0.3 is 4.74 Å². The average Bonchev–Trinajstić information content (AvgIpc) is 3.14. The van der Waals surface area contributed by atoms with Gasteiger partial charge in [0.25, 0.3) is 5.91 Å². The van der Waals surface area contributed by atoms with Crippen LogP contribution in [0.1, 0.15) is 37.9 Å². The van der Waals surface area contributed by atoms with Gasteiger partial charge in [0.15, 0.2) is 0 Å². The predicted molar refractivity (Wildman–Crippen MR) is 103 cm³/mol. The number of rotatable bonds is 4. The van der Waals surface area contributed by atoms with Crippen molar-refractivity contribution in [3.63, 3.8) is 0 Å². The fourth-order valence-corrected chi connectivity index (χ4v) is 4.56. The highest BCUT2D eigenvalue weighted by molar-refractivity contribution is 6.10. The first-order valence-electron chi connectivity index (χ1n) is 9.32. The normalized spacial score (nSPS) is 24.4. The Morgan fingerprint density at radius 3 is 2.26 bits per heavy atom. The van der Waals surface area contributed by atoms with Gasteiger partial charge in [-0.05, 0) is 29.5 Å². The van der Waals surface area contributed by atoms with Gasteiger partial charge in [-0.25, -0.2) is 9.69 Å². The highest BCUT2D eigenvalue weighted by Gasteiger charge is 2.59. The molecule has 1 heterocycles. The highest BCUT2D eigenvalue weighted by atomic mass is 16.6. The van der Waals surface area contributed by atoms with Crippen molar-refractivity contribution >= 4 is 12.0 Å². The van der Waals surface area contributed by atoms with E-state index >= 15 is 0 Å². The van der Waals surface area contributed by atoms with E-state index in [0.717, 1.165) is 22.3 Å². The number of allylic oxidation sites excluding steroid dienone is 1. The van der Waals surface area contributed by atoms with Crippen molar-refractivity contribution in [1.29, 1.82) is 0 Å². The van der Waals surface area contributed by atoms with Crippen molar-refractivity contribution in [3.05, 3.63) is 82.9 Å². The van der Waals surface area contributed by atoms with Gasteiger partial charge in [0.2, 0.25) is 0 Å². The number of imide groups is 1. The lowest BCUT2D eigenvalue weighted by Crippen LogP contribution is -2.36. The smallest absolute Gasteiger partial charge is 0.417 e. The zero-order valence-electron chi connectivity index (χ0n) is 15.8. The Labute approximate surface area is 159 Å². The molecule has 0 unspecified atom stereocenters. The summed E-state index contributed by atoms with van der Waals surface area (Å²) in [6, 6.07) is 19.3. The first kappa shape index (κ1) is 17.5. The number of nitrogens with zero attached hydrogens (tertiary/aromatic N) is 1. The maximum atomic E-state index is 13.5. The van der Waals surface area contributed by atoms with Crippen molar-refractivity contribution in [2.75, 3.05) is 6.61 Å². The minimum Gasteiger partial charge on any atom is -0.446 e. The van der Waals surface area contributed by atoms with Gasteiger partial charge in [0, 0.05) is 11.0 Å². The van der Waals surface area contributed by atoms with E-state index in [1.165, 1.54) is 4.90 Å². The third-order valence-corrected chi connectivity index (χ3v) is 5.88. The van der Waals surface area contributed by atoms with E-state index in [0.29, 0.717) is 0 Å². The van der Waals surface area contributed by atoms with Crippen LogP contribution in [0.3, 0.4) is 0 Å². The van der Waals surface area contributed by atoms with E-state index in [1.54, 1.807) is 0 Å². The van der Waals surface area contributed by atoms with Crippen molar-refractivity contribution in [2.45, 2.75) is 32.2 Å². The topological polar surface area (TPSA) is 46.6 Å². The van der Waals surface area contributed by atoms with Gasteiger partial charge in [-0.15, -0.1) is 0 Å². The molecule has 1 fully saturated rings. The van der Waals surface area contributed by atoms with Crippen molar-refractivity contribution in [1.82, 2.24) is 4.90 Å². The first-order chi connectivity index (χ1) is 13.0. The second-order valence-electron chi connectivity index (χ2n) is 7.51. The molecule has 0 spiro atoms. The van der Waals surface area contributed by atoms with Gasteiger partial charge in [0.1, 0.15) is 12.6 Å². The molecular weight excluding hydrogens is 338 g/mol. The van der Waals surface area contributed by atoms with E-state index < -0.39 is 11.5 Å². The summed E-state index contributed by atoms with van der Waals surface area (Å²) in [7, 11) is 0. The summed E-state index contributed by atoms with van der Waals surface area (Å²) >= 11 is 0. The molecule has 2 atom stereocenters. The SMILES string of the molecule is CC1=C(C(=O)N2C(=O)OC[C@@H]2c2ccccc2)[C@@]1(c1ccccc1)C(C)C. The maximum absolute atomic E-state index is 13.5. The number of hydrogen-bond acceptors (Lipinski definition) is 3. The summed E-state index contributed by atoms with van der Waals surface area (Å²) < 4.78 is 5.24. The molecule has 2 aromatic rings. The molecule has 0 bridgehead atoms. The number of carbonyl (C=O) groups is 2. The maximum Gasteiger partial charge on any atom is 0.417 e. The Balaban J connectivity index is 1.71. The summed E-state index contributed by atoms with van der Waals surface area (Å²) in [5, 5.41) is 0. The third-order valence-electron chi connectivity index (χ3n) is 5.88. The van der Waals surface area contributed by atoms with Crippen LogP contribution in [0.25, 0.3) is 0 Å². The summed E-state index contributed by atoms with van der Waals surface area (Å²) in [4.78, 5) is 27.2. The van der Waals surface area contributed by atoms with Crippen LogP contribution in [0.5, 0.6) is 0 Å². The molecule has 1 saturated heterocycles. The minimum absolute atomic E-state index is 0.195. The lowest BCUT2D eigenvalue weighted by molar-refractivity contribution is -0.125. The second kappa shape index (κ2) is 6.38.